The Balaban J connectivity index is 1.78. The number of hydrogen-bond donors (Lipinski definition) is 1. The van der Waals surface area contributed by atoms with E-state index in [1.54, 1.807) is 6.07 Å². The summed E-state index contributed by atoms with van der Waals surface area (Å²) in [5.41, 5.74) is 2.91. The lowest BCUT2D eigenvalue weighted by Crippen LogP contribution is -2.15. The van der Waals surface area contributed by atoms with Gasteiger partial charge < -0.3 is 5.32 Å². The van der Waals surface area contributed by atoms with E-state index < -0.39 is 0 Å². The number of thiazole rings is 1. The number of pyridine rings is 1. The molecule has 0 aliphatic carbocycles. The number of aromatic nitrogens is 3. The topological polar surface area (TPSA) is 59.3 Å². The molecule has 0 saturated carbocycles. The highest BCUT2D eigenvalue weighted by Crippen LogP contribution is 2.30. The van der Waals surface area contributed by atoms with Gasteiger partial charge in [-0.05, 0) is 19.1 Å². The zero-order valence-electron chi connectivity index (χ0n) is 12.9. The van der Waals surface area contributed by atoms with Crippen LogP contribution < -0.4 is 5.32 Å². The predicted molar refractivity (Wildman–Crippen MR) is 95.4 cm³/mol. The van der Waals surface area contributed by atoms with Gasteiger partial charge in [0.05, 0.1) is 0 Å². The number of aryl methyl sites for hydroxylation is 1. The van der Waals surface area contributed by atoms with Crippen molar-refractivity contribution in [3.63, 3.8) is 0 Å². The van der Waals surface area contributed by atoms with E-state index >= 15 is 0 Å². The van der Waals surface area contributed by atoms with E-state index in [1.165, 1.54) is 11.3 Å². The van der Waals surface area contributed by atoms with Crippen LogP contribution in [-0.2, 0) is 0 Å². The second-order valence-electron chi connectivity index (χ2n) is 5.35. The highest BCUT2D eigenvalue weighted by Gasteiger charge is 2.18. The molecule has 3 aromatic heterocycles. The largest absolute Gasteiger partial charge is 0.304 e. The van der Waals surface area contributed by atoms with E-state index in [2.05, 4.69) is 15.3 Å². The molecule has 1 N–H and O–H groups in total. The molecule has 0 unspecified atom stereocenters. The van der Waals surface area contributed by atoms with Crippen LogP contribution in [0.2, 0.25) is 0 Å². The SMILES string of the molecule is Cc1cccc(C(=O)Nc2c(-c3ccccc3)nc3sccn23)n1. The van der Waals surface area contributed by atoms with Crippen molar-refractivity contribution < 1.29 is 4.79 Å². The number of nitrogens with one attached hydrogen (secondary N) is 1. The van der Waals surface area contributed by atoms with E-state index in [-0.39, 0.29) is 5.91 Å². The van der Waals surface area contributed by atoms with Gasteiger partial charge in [0.15, 0.2) is 4.96 Å². The molecule has 6 heteroatoms. The first-order valence-corrected chi connectivity index (χ1v) is 8.36. The summed E-state index contributed by atoms with van der Waals surface area (Å²) in [6.07, 6.45) is 1.90. The molecule has 118 valence electrons. The van der Waals surface area contributed by atoms with E-state index in [1.807, 2.05) is 65.4 Å². The summed E-state index contributed by atoms with van der Waals surface area (Å²) < 4.78 is 1.89. The molecule has 24 heavy (non-hydrogen) atoms. The lowest BCUT2D eigenvalue weighted by Gasteiger charge is -2.07. The summed E-state index contributed by atoms with van der Waals surface area (Å²) in [6.45, 7) is 1.86. The van der Waals surface area contributed by atoms with Crippen LogP contribution in [-0.4, -0.2) is 20.3 Å². The maximum absolute atomic E-state index is 12.6. The Morgan fingerprint density at radius 1 is 1.08 bits per heavy atom. The third kappa shape index (κ3) is 2.57. The number of rotatable bonds is 3. The average Bonchev–Trinajstić information content (AvgIpc) is 3.18. The van der Waals surface area contributed by atoms with Crippen molar-refractivity contribution in [2.24, 2.45) is 0 Å². The van der Waals surface area contributed by atoms with Gasteiger partial charge in [-0.1, -0.05) is 36.4 Å². The van der Waals surface area contributed by atoms with Gasteiger partial charge in [-0.3, -0.25) is 9.20 Å². The number of amides is 1. The fourth-order valence-electron chi connectivity index (χ4n) is 2.54. The standard InChI is InChI=1S/C18H14N4OS/c1-12-6-5-9-14(19-12)17(23)21-16-15(13-7-3-2-4-8-13)20-18-22(16)10-11-24-18/h2-11H,1H3,(H,21,23). The fourth-order valence-corrected chi connectivity index (χ4v) is 3.26. The molecule has 0 atom stereocenters. The molecule has 0 bridgehead atoms. The van der Waals surface area contributed by atoms with Crippen molar-refractivity contribution in [2.75, 3.05) is 5.32 Å². The molecule has 0 spiro atoms. The van der Waals surface area contributed by atoms with Gasteiger partial charge >= 0.3 is 0 Å². The van der Waals surface area contributed by atoms with Crippen molar-refractivity contribution in [1.29, 1.82) is 0 Å². The van der Waals surface area contributed by atoms with Gasteiger partial charge in [0.25, 0.3) is 5.91 Å². The molecular weight excluding hydrogens is 320 g/mol. The Kier molecular flexibility index (Phi) is 3.59. The maximum Gasteiger partial charge on any atom is 0.275 e. The van der Waals surface area contributed by atoms with Gasteiger partial charge in [-0.2, -0.15) is 0 Å². The lowest BCUT2D eigenvalue weighted by atomic mass is 10.1. The monoisotopic (exact) mass is 334 g/mol. The third-order valence-electron chi connectivity index (χ3n) is 3.66. The van der Waals surface area contributed by atoms with Crippen LogP contribution in [0.3, 0.4) is 0 Å². The summed E-state index contributed by atoms with van der Waals surface area (Å²) >= 11 is 1.53. The molecule has 3 heterocycles. The highest BCUT2D eigenvalue weighted by molar-refractivity contribution is 7.15. The van der Waals surface area contributed by atoms with Crippen LogP contribution in [0.4, 0.5) is 5.82 Å². The first-order valence-electron chi connectivity index (χ1n) is 7.48. The molecule has 1 amide bonds. The number of carbonyl (C=O) groups excluding carboxylic acids is 1. The Bertz CT molecular complexity index is 1020. The van der Waals surface area contributed by atoms with Crippen molar-refractivity contribution in [3.05, 3.63) is 71.5 Å². The first-order chi connectivity index (χ1) is 11.7. The average molecular weight is 334 g/mol. The Hall–Kier alpha value is -2.99. The maximum atomic E-state index is 12.6. The van der Waals surface area contributed by atoms with Crippen molar-refractivity contribution in [3.8, 4) is 11.3 Å². The number of fused-ring (bicyclic) bond motifs is 1. The van der Waals surface area contributed by atoms with Crippen LogP contribution in [0.25, 0.3) is 16.2 Å². The predicted octanol–water partition coefficient (Wildman–Crippen LogP) is 4.02. The number of nitrogens with zero attached hydrogens (tertiary/aromatic N) is 3. The van der Waals surface area contributed by atoms with Crippen LogP contribution >= 0.6 is 11.3 Å². The number of imidazole rings is 1. The molecule has 5 nitrogen and oxygen atoms in total. The minimum atomic E-state index is -0.246. The number of carbonyl (C=O) groups is 1. The molecule has 4 rings (SSSR count). The summed E-state index contributed by atoms with van der Waals surface area (Å²) in [5, 5.41) is 4.91. The number of hydrogen-bond acceptors (Lipinski definition) is 4. The van der Waals surface area contributed by atoms with Crippen LogP contribution in [0, 0.1) is 6.92 Å². The van der Waals surface area contributed by atoms with E-state index in [0.717, 1.165) is 21.9 Å². The molecule has 0 radical (unpaired) electrons. The quantitative estimate of drug-likeness (QED) is 0.615. The Labute approximate surface area is 142 Å². The van der Waals surface area contributed by atoms with Crippen molar-refractivity contribution in [2.45, 2.75) is 6.92 Å². The minimum absolute atomic E-state index is 0.246. The van der Waals surface area contributed by atoms with E-state index in [9.17, 15) is 4.79 Å². The zero-order chi connectivity index (χ0) is 16.5. The fraction of sp³-hybridized carbons (Fsp3) is 0.0556. The molecule has 0 saturated heterocycles. The summed E-state index contributed by atoms with van der Waals surface area (Å²) in [6, 6.07) is 15.2. The third-order valence-corrected chi connectivity index (χ3v) is 4.42. The highest BCUT2D eigenvalue weighted by atomic mass is 32.1. The molecule has 1 aromatic carbocycles. The summed E-state index contributed by atoms with van der Waals surface area (Å²) in [5.74, 6) is 0.412. The number of anilines is 1. The normalized spacial score (nSPS) is 10.9. The van der Waals surface area contributed by atoms with Crippen LogP contribution in [0.1, 0.15) is 16.2 Å². The van der Waals surface area contributed by atoms with Gasteiger partial charge in [-0.25, -0.2) is 9.97 Å². The van der Waals surface area contributed by atoms with Crippen LogP contribution in [0.15, 0.2) is 60.1 Å². The molecule has 0 aliphatic heterocycles. The second-order valence-corrected chi connectivity index (χ2v) is 6.22. The summed E-state index contributed by atoms with van der Waals surface area (Å²) in [4.78, 5) is 22.4. The second kappa shape index (κ2) is 5.90. The van der Waals surface area contributed by atoms with Crippen molar-refractivity contribution >= 4 is 28.0 Å². The van der Waals surface area contributed by atoms with Gasteiger partial charge in [-0.15, -0.1) is 11.3 Å². The van der Waals surface area contributed by atoms with E-state index in [4.69, 9.17) is 0 Å². The zero-order valence-corrected chi connectivity index (χ0v) is 13.7. The number of benzene rings is 1. The minimum Gasteiger partial charge on any atom is -0.304 e. The molecule has 4 aromatic rings. The van der Waals surface area contributed by atoms with Gasteiger partial charge in [0.1, 0.15) is 17.2 Å². The van der Waals surface area contributed by atoms with Gasteiger partial charge in [0, 0.05) is 22.8 Å². The first kappa shape index (κ1) is 14.6. The van der Waals surface area contributed by atoms with E-state index in [0.29, 0.717) is 11.5 Å². The summed E-state index contributed by atoms with van der Waals surface area (Å²) in [7, 11) is 0. The van der Waals surface area contributed by atoms with Crippen molar-refractivity contribution in [1.82, 2.24) is 14.4 Å². The van der Waals surface area contributed by atoms with Gasteiger partial charge in [0.2, 0.25) is 0 Å². The molecule has 0 fully saturated rings. The molecule has 0 aliphatic rings. The Morgan fingerprint density at radius 2 is 1.92 bits per heavy atom. The van der Waals surface area contributed by atoms with Crippen LogP contribution in [0.5, 0.6) is 0 Å². The lowest BCUT2D eigenvalue weighted by molar-refractivity contribution is 0.102. The Morgan fingerprint density at radius 3 is 2.71 bits per heavy atom. The smallest absolute Gasteiger partial charge is 0.275 e. The molecular formula is C18H14N4OS.